The van der Waals surface area contributed by atoms with E-state index in [0.29, 0.717) is 24.7 Å². The lowest BCUT2D eigenvalue weighted by Crippen LogP contribution is -2.25. The minimum Gasteiger partial charge on any atom is -0.424 e. The highest BCUT2D eigenvalue weighted by Crippen LogP contribution is 2.14. The molecule has 14 heavy (non-hydrogen) atoms. The Hall–Kier alpha value is -0.940. The molecule has 0 aliphatic rings. The molecule has 0 aliphatic carbocycles. The first-order valence-electron chi connectivity index (χ1n) is 4.58. The van der Waals surface area contributed by atoms with Gasteiger partial charge in [0.15, 0.2) is 0 Å². The van der Waals surface area contributed by atoms with Gasteiger partial charge in [-0.05, 0) is 20.9 Å². The highest BCUT2D eigenvalue weighted by atomic mass is 16.5. The van der Waals surface area contributed by atoms with E-state index in [1.807, 2.05) is 20.9 Å². The van der Waals surface area contributed by atoms with Crippen LogP contribution in [0.1, 0.15) is 25.6 Å². The Kier molecular flexibility index (Phi) is 3.60. The Morgan fingerprint density at radius 2 is 2.00 bits per heavy atom. The minimum absolute atomic E-state index is 0.260. The lowest BCUT2D eigenvalue weighted by molar-refractivity contribution is 0.0179. The van der Waals surface area contributed by atoms with E-state index in [-0.39, 0.29) is 5.60 Å². The van der Waals surface area contributed by atoms with E-state index in [1.165, 1.54) is 0 Å². The van der Waals surface area contributed by atoms with Gasteiger partial charge in [0.05, 0.1) is 18.6 Å². The van der Waals surface area contributed by atoms with Crippen LogP contribution in [0, 0.1) is 0 Å². The van der Waals surface area contributed by atoms with E-state index in [9.17, 15) is 0 Å². The molecular weight excluding hydrogens is 182 g/mol. The second kappa shape index (κ2) is 4.52. The predicted octanol–water partition coefficient (Wildman–Crippen LogP) is 0.756. The molecule has 1 rings (SSSR count). The van der Waals surface area contributed by atoms with Gasteiger partial charge in [-0.25, -0.2) is 0 Å². The molecule has 1 aromatic rings. The molecule has 0 atom stereocenters. The number of hydrogen-bond acceptors (Lipinski definition) is 5. The van der Waals surface area contributed by atoms with Crippen molar-refractivity contribution in [3.8, 4) is 0 Å². The van der Waals surface area contributed by atoms with Crippen molar-refractivity contribution in [3.63, 3.8) is 0 Å². The fourth-order valence-corrected chi connectivity index (χ4v) is 1.02. The molecule has 0 bridgehead atoms. The number of aromatic nitrogens is 2. The minimum atomic E-state index is -0.260. The van der Waals surface area contributed by atoms with E-state index in [0.717, 1.165) is 0 Å². The van der Waals surface area contributed by atoms with Gasteiger partial charge in [-0.2, -0.15) is 0 Å². The van der Waals surface area contributed by atoms with Crippen LogP contribution in [0.25, 0.3) is 0 Å². The van der Waals surface area contributed by atoms with Gasteiger partial charge in [-0.15, -0.1) is 10.2 Å². The summed E-state index contributed by atoms with van der Waals surface area (Å²) in [6.07, 6.45) is 0.625. The lowest BCUT2D eigenvalue weighted by atomic mass is 10.1. The summed E-state index contributed by atoms with van der Waals surface area (Å²) in [5.74, 6) is 1.22. The van der Waals surface area contributed by atoms with Crippen LogP contribution in [0.3, 0.4) is 0 Å². The van der Waals surface area contributed by atoms with E-state index in [1.54, 1.807) is 7.11 Å². The summed E-state index contributed by atoms with van der Waals surface area (Å²) in [6, 6.07) is 0. The maximum absolute atomic E-state index is 5.40. The van der Waals surface area contributed by atoms with E-state index in [2.05, 4.69) is 15.5 Å². The van der Waals surface area contributed by atoms with Gasteiger partial charge < -0.3 is 14.5 Å². The summed E-state index contributed by atoms with van der Waals surface area (Å²) >= 11 is 0. The summed E-state index contributed by atoms with van der Waals surface area (Å²) in [5.41, 5.74) is -0.260. The average molecular weight is 199 g/mol. The Balaban J connectivity index is 2.59. The van der Waals surface area contributed by atoms with Crippen LogP contribution in [-0.4, -0.2) is 30.0 Å². The summed E-state index contributed by atoms with van der Waals surface area (Å²) in [5, 5.41) is 10.8. The third-order valence-corrected chi connectivity index (χ3v) is 1.97. The summed E-state index contributed by atoms with van der Waals surface area (Å²) in [7, 11) is 3.51. The quantitative estimate of drug-likeness (QED) is 0.758. The molecule has 0 fully saturated rings. The molecule has 1 aromatic heterocycles. The molecule has 0 aromatic carbocycles. The summed E-state index contributed by atoms with van der Waals surface area (Å²) in [4.78, 5) is 0. The normalized spacial score (nSPS) is 12.0. The van der Waals surface area contributed by atoms with Crippen LogP contribution in [-0.2, 0) is 17.7 Å². The fourth-order valence-electron chi connectivity index (χ4n) is 1.02. The van der Waals surface area contributed by atoms with Gasteiger partial charge in [0.2, 0.25) is 11.8 Å². The second-order valence-electron chi connectivity index (χ2n) is 3.76. The van der Waals surface area contributed by atoms with Crippen molar-refractivity contribution in [3.05, 3.63) is 11.8 Å². The molecule has 5 heteroatoms. The van der Waals surface area contributed by atoms with Crippen molar-refractivity contribution in [2.75, 3.05) is 14.2 Å². The zero-order valence-electron chi connectivity index (χ0n) is 9.13. The van der Waals surface area contributed by atoms with Crippen LogP contribution in [0.4, 0.5) is 0 Å². The predicted molar refractivity (Wildman–Crippen MR) is 51.9 cm³/mol. The van der Waals surface area contributed by atoms with Gasteiger partial charge in [-0.1, -0.05) is 0 Å². The highest BCUT2D eigenvalue weighted by Gasteiger charge is 2.20. The van der Waals surface area contributed by atoms with Crippen LogP contribution in [0.2, 0.25) is 0 Å². The topological polar surface area (TPSA) is 60.2 Å². The van der Waals surface area contributed by atoms with Gasteiger partial charge in [0, 0.05) is 7.11 Å². The molecule has 0 unspecified atom stereocenters. The molecule has 1 N–H and O–H groups in total. The van der Waals surface area contributed by atoms with Crippen molar-refractivity contribution in [1.82, 2.24) is 15.5 Å². The van der Waals surface area contributed by atoms with Gasteiger partial charge in [0.1, 0.15) is 0 Å². The largest absolute Gasteiger partial charge is 0.424 e. The number of ether oxygens (including phenoxy) is 1. The molecular formula is C9H17N3O2. The van der Waals surface area contributed by atoms with Crippen molar-refractivity contribution < 1.29 is 9.15 Å². The molecule has 0 amide bonds. The van der Waals surface area contributed by atoms with Gasteiger partial charge in [-0.3, -0.25) is 0 Å². The van der Waals surface area contributed by atoms with Gasteiger partial charge >= 0.3 is 0 Å². The van der Waals surface area contributed by atoms with E-state index < -0.39 is 0 Å². The van der Waals surface area contributed by atoms with Gasteiger partial charge in [0.25, 0.3) is 0 Å². The Labute approximate surface area is 83.9 Å². The van der Waals surface area contributed by atoms with Crippen molar-refractivity contribution in [1.29, 1.82) is 0 Å². The maximum Gasteiger partial charge on any atom is 0.230 e. The molecule has 0 spiro atoms. The SMILES string of the molecule is CNCc1nnc(CC(C)(C)OC)o1. The molecule has 0 aliphatic heterocycles. The standard InChI is InChI=1S/C9H17N3O2/c1-9(2,13-4)5-7-11-12-8(14-7)6-10-3/h10H,5-6H2,1-4H3. The van der Waals surface area contributed by atoms with Crippen LogP contribution < -0.4 is 5.32 Å². The van der Waals surface area contributed by atoms with Crippen LogP contribution in [0.15, 0.2) is 4.42 Å². The zero-order valence-corrected chi connectivity index (χ0v) is 9.13. The van der Waals surface area contributed by atoms with Crippen LogP contribution in [0.5, 0.6) is 0 Å². The lowest BCUT2D eigenvalue weighted by Gasteiger charge is -2.20. The number of nitrogens with one attached hydrogen (secondary N) is 1. The first kappa shape index (κ1) is 11.1. The molecule has 0 saturated heterocycles. The van der Waals surface area contributed by atoms with Crippen molar-refractivity contribution >= 4 is 0 Å². The molecule has 1 heterocycles. The Morgan fingerprint density at radius 3 is 2.57 bits per heavy atom. The number of rotatable bonds is 5. The third-order valence-electron chi connectivity index (χ3n) is 1.97. The van der Waals surface area contributed by atoms with Crippen molar-refractivity contribution in [2.24, 2.45) is 0 Å². The summed E-state index contributed by atoms with van der Waals surface area (Å²) in [6.45, 7) is 4.56. The first-order chi connectivity index (χ1) is 6.57. The maximum atomic E-state index is 5.40. The molecule has 0 radical (unpaired) electrons. The Morgan fingerprint density at radius 1 is 1.36 bits per heavy atom. The third kappa shape index (κ3) is 3.08. The van der Waals surface area contributed by atoms with E-state index in [4.69, 9.17) is 9.15 Å². The highest BCUT2D eigenvalue weighted by molar-refractivity contribution is 4.87. The number of methoxy groups -OCH3 is 1. The monoisotopic (exact) mass is 199 g/mol. The fraction of sp³-hybridized carbons (Fsp3) is 0.778. The van der Waals surface area contributed by atoms with Crippen molar-refractivity contribution in [2.45, 2.75) is 32.4 Å². The number of hydrogen-bond donors (Lipinski definition) is 1. The molecule has 5 nitrogen and oxygen atoms in total. The van der Waals surface area contributed by atoms with Crippen LogP contribution >= 0.6 is 0 Å². The zero-order chi connectivity index (χ0) is 10.6. The molecule has 0 saturated carbocycles. The number of nitrogens with zero attached hydrogens (tertiary/aromatic N) is 2. The van der Waals surface area contributed by atoms with E-state index >= 15 is 0 Å². The molecule has 80 valence electrons. The summed E-state index contributed by atoms with van der Waals surface area (Å²) < 4.78 is 10.7. The second-order valence-corrected chi connectivity index (χ2v) is 3.76. The smallest absolute Gasteiger partial charge is 0.230 e. The first-order valence-corrected chi connectivity index (χ1v) is 4.58. The average Bonchev–Trinajstić information content (AvgIpc) is 2.53. The Bertz CT molecular complexity index is 283.